The molecular weight excluding hydrogens is 412 g/mol. The minimum atomic E-state index is -3.65. The zero-order chi connectivity index (χ0) is 21.0. The number of carbonyl (C=O) groups is 1. The molecule has 29 heavy (non-hydrogen) atoms. The van der Waals surface area contributed by atoms with Gasteiger partial charge in [-0.05, 0) is 55.0 Å². The van der Waals surface area contributed by atoms with Gasteiger partial charge in [-0.25, -0.2) is 8.42 Å². The van der Waals surface area contributed by atoms with Crippen LogP contribution in [-0.2, 0) is 27.8 Å². The topological polar surface area (TPSA) is 76.2 Å². The highest BCUT2D eigenvalue weighted by Crippen LogP contribution is 2.34. The van der Waals surface area contributed by atoms with Crippen LogP contribution in [0.2, 0.25) is 0 Å². The van der Waals surface area contributed by atoms with E-state index in [2.05, 4.69) is 0 Å². The molecule has 1 aromatic carbocycles. The second-order valence-corrected chi connectivity index (χ2v) is 9.91. The molecule has 1 aliphatic heterocycles. The molecule has 0 N–H and O–H groups in total. The average Bonchev–Trinajstić information content (AvgIpc) is 3.24. The number of thiophene rings is 1. The fraction of sp³-hybridized carbons (Fsp3) is 0.450. The lowest BCUT2D eigenvalue weighted by Crippen LogP contribution is -2.43. The lowest BCUT2D eigenvalue weighted by Gasteiger charge is -2.31. The smallest absolute Gasteiger partial charge is 0.252 e. The van der Waals surface area contributed by atoms with Crippen LogP contribution in [0.5, 0.6) is 11.5 Å². The molecule has 0 spiro atoms. The lowest BCUT2D eigenvalue weighted by atomic mass is 9.98. The molecule has 0 saturated carbocycles. The Bertz CT molecular complexity index is 958. The van der Waals surface area contributed by atoms with Gasteiger partial charge in [-0.2, -0.15) is 4.31 Å². The van der Waals surface area contributed by atoms with E-state index in [1.165, 1.54) is 7.05 Å². The highest BCUT2D eigenvalue weighted by Gasteiger charge is 2.28. The number of rotatable bonds is 8. The van der Waals surface area contributed by atoms with Gasteiger partial charge in [0.15, 0.2) is 11.5 Å². The molecule has 7 nitrogen and oxygen atoms in total. The number of carbonyl (C=O) groups excluding carboxylic acids is 1. The molecule has 0 aliphatic carbocycles. The highest BCUT2D eigenvalue weighted by atomic mass is 32.2. The molecule has 2 aromatic rings. The van der Waals surface area contributed by atoms with Crippen LogP contribution in [0, 0.1) is 0 Å². The van der Waals surface area contributed by atoms with Crippen molar-refractivity contribution in [3.63, 3.8) is 0 Å². The molecule has 0 saturated heterocycles. The van der Waals surface area contributed by atoms with Gasteiger partial charge in [-0.15, -0.1) is 11.3 Å². The van der Waals surface area contributed by atoms with E-state index in [0.29, 0.717) is 38.5 Å². The summed E-state index contributed by atoms with van der Waals surface area (Å²) in [5, 5.41) is 1.70. The molecule has 3 rings (SSSR count). The molecule has 9 heteroatoms. The van der Waals surface area contributed by atoms with Gasteiger partial charge < -0.3 is 14.4 Å². The van der Waals surface area contributed by atoms with E-state index in [4.69, 9.17) is 9.47 Å². The third-order valence-corrected chi connectivity index (χ3v) is 7.92. The van der Waals surface area contributed by atoms with E-state index >= 15 is 0 Å². The fourth-order valence-electron chi connectivity index (χ4n) is 3.25. The Balaban J connectivity index is 1.73. The molecule has 158 valence electrons. The van der Waals surface area contributed by atoms with E-state index in [1.807, 2.05) is 26.0 Å². The van der Waals surface area contributed by atoms with Gasteiger partial charge in [-0.1, -0.05) is 6.07 Å². The van der Waals surface area contributed by atoms with Crippen molar-refractivity contribution in [2.75, 3.05) is 33.4 Å². The minimum Gasteiger partial charge on any atom is -0.490 e. The lowest BCUT2D eigenvalue weighted by molar-refractivity contribution is -0.132. The van der Waals surface area contributed by atoms with Crippen molar-refractivity contribution in [2.45, 2.75) is 31.0 Å². The number of fused-ring (bicyclic) bond motifs is 1. The Morgan fingerprint density at radius 3 is 2.41 bits per heavy atom. The number of nitrogens with zero attached hydrogens (tertiary/aromatic N) is 2. The van der Waals surface area contributed by atoms with Crippen molar-refractivity contribution in [1.29, 1.82) is 0 Å². The van der Waals surface area contributed by atoms with Crippen LogP contribution in [0.25, 0.3) is 0 Å². The summed E-state index contributed by atoms with van der Waals surface area (Å²) in [4.78, 5) is 14.5. The molecule has 0 atom stereocenters. The van der Waals surface area contributed by atoms with Crippen LogP contribution < -0.4 is 9.47 Å². The van der Waals surface area contributed by atoms with E-state index in [1.54, 1.807) is 22.4 Å². The molecule has 0 radical (unpaired) electrons. The first-order valence-electron chi connectivity index (χ1n) is 9.55. The first-order valence-corrected chi connectivity index (χ1v) is 11.9. The second-order valence-electron chi connectivity index (χ2n) is 6.69. The summed E-state index contributed by atoms with van der Waals surface area (Å²) in [6.07, 6.45) is 0.689. The third kappa shape index (κ3) is 4.73. The monoisotopic (exact) mass is 438 g/mol. The van der Waals surface area contributed by atoms with Crippen molar-refractivity contribution in [1.82, 2.24) is 9.21 Å². The van der Waals surface area contributed by atoms with Gasteiger partial charge in [0.1, 0.15) is 4.21 Å². The first kappa shape index (κ1) is 21.6. The predicted octanol–water partition coefficient (Wildman–Crippen LogP) is 2.75. The van der Waals surface area contributed by atoms with Gasteiger partial charge in [0, 0.05) is 20.1 Å². The van der Waals surface area contributed by atoms with Crippen molar-refractivity contribution >= 4 is 27.3 Å². The number of hydrogen-bond acceptors (Lipinski definition) is 6. The number of likely N-dealkylation sites (N-methyl/N-ethyl adjacent to an activating group) is 1. The second kappa shape index (κ2) is 9.15. The van der Waals surface area contributed by atoms with Crippen molar-refractivity contribution < 1.29 is 22.7 Å². The van der Waals surface area contributed by atoms with Gasteiger partial charge in [-0.3, -0.25) is 4.79 Å². The molecule has 1 aliphatic rings. The van der Waals surface area contributed by atoms with E-state index in [9.17, 15) is 13.2 Å². The van der Waals surface area contributed by atoms with Gasteiger partial charge >= 0.3 is 0 Å². The Kier molecular flexibility index (Phi) is 6.81. The molecule has 1 aromatic heterocycles. The van der Waals surface area contributed by atoms with Crippen molar-refractivity contribution in [2.24, 2.45) is 0 Å². The van der Waals surface area contributed by atoms with E-state index in [-0.39, 0.29) is 16.7 Å². The van der Waals surface area contributed by atoms with Crippen molar-refractivity contribution in [3.8, 4) is 11.5 Å². The molecule has 0 unspecified atom stereocenters. The summed E-state index contributed by atoms with van der Waals surface area (Å²) in [6, 6.07) is 7.14. The zero-order valence-corrected chi connectivity index (χ0v) is 18.5. The van der Waals surface area contributed by atoms with E-state index < -0.39 is 10.0 Å². The number of sulfonamides is 1. The molecule has 2 heterocycles. The quantitative estimate of drug-likeness (QED) is 0.633. The number of ether oxygens (including phenoxy) is 2. The number of benzene rings is 1. The predicted molar refractivity (Wildman–Crippen MR) is 112 cm³/mol. The molecule has 0 bridgehead atoms. The van der Waals surface area contributed by atoms with Gasteiger partial charge in [0.25, 0.3) is 10.0 Å². The van der Waals surface area contributed by atoms with Crippen LogP contribution in [0.4, 0.5) is 0 Å². The summed E-state index contributed by atoms with van der Waals surface area (Å²) in [6.45, 7) is 5.68. The highest BCUT2D eigenvalue weighted by molar-refractivity contribution is 7.91. The Morgan fingerprint density at radius 2 is 1.83 bits per heavy atom. The minimum absolute atomic E-state index is 0.190. The average molecular weight is 439 g/mol. The summed E-state index contributed by atoms with van der Waals surface area (Å²) in [5.41, 5.74) is 2.13. The normalized spacial score (nSPS) is 14.0. The molecular formula is C20H26N2O5S2. The van der Waals surface area contributed by atoms with Crippen molar-refractivity contribution in [3.05, 3.63) is 40.8 Å². The maximum absolute atomic E-state index is 12.8. The Labute approximate surface area is 175 Å². The third-order valence-electron chi connectivity index (χ3n) is 4.75. The van der Waals surface area contributed by atoms with Crippen LogP contribution in [0.1, 0.15) is 25.0 Å². The standard InChI is InChI=1S/C20H26N2O5S2/c1-4-26-17-11-15-8-9-22(13-16(15)12-18(17)27-5-2)19(23)14-21(3)29(24,25)20-7-6-10-28-20/h6-7,10-12H,4-5,8-9,13-14H2,1-3H3. The van der Waals surface area contributed by atoms with Crippen LogP contribution in [0.3, 0.4) is 0 Å². The first-order chi connectivity index (χ1) is 13.9. The van der Waals surface area contributed by atoms with Gasteiger partial charge in [0.2, 0.25) is 5.91 Å². The maximum atomic E-state index is 12.8. The summed E-state index contributed by atoms with van der Waals surface area (Å²) < 4.78 is 37.8. The summed E-state index contributed by atoms with van der Waals surface area (Å²) in [7, 11) is -2.21. The molecule has 1 amide bonds. The van der Waals surface area contributed by atoms with Crippen LogP contribution in [-0.4, -0.2) is 56.9 Å². The Morgan fingerprint density at radius 1 is 1.17 bits per heavy atom. The van der Waals surface area contributed by atoms with Crippen LogP contribution >= 0.6 is 11.3 Å². The zero-order valence-electron chi connectivity index (χ0n) is 16.9. The van der Waals surface area contributed by atoms with Gasteiger partial charge in [0.05, 0.1) is 19.8 Å². The summed E-state index contributed by atoms with van der Waals surface area (Å²) in [5.74, 6) is 1.17. The summed E-state index contributed by atoms with van der Waals surface area (Å²) >= 11 is 1.14. The van der Waals surface area contributed by atoms with Crippen LogP contribution in [0.15, 0.2) is 33.9 Å². The molecule has 0 fully saturated rings. The number of amides is 1. The number of hydrogen-bond donors (Lipinski definition) is 0. The maximum Gasteiger partial charge on any atom is 0.252 e. The van der Waals surface area contributed by atoms with E-state index in [0.717, 1.165) is 32.5 Å². The Hall–Kier alpha value is -2.10. The SMILES string of the molecule is CCOc1cc2c(cc1OCC)CN(C(=O)CN(C)S(=O)(=O)c1cccs1)CC2. The fourth-order valence-corrected chi connectivity index (χ4v) is 5.57. The largest absolute Gasteiger partial charge is 0.490 e.